The molecule has 2 aromatic rings. The summed E-state index contributed by atoms with van der Waals surface area (Å²) in [5, 5.41) is 8.61. The Morgan fingerprint density at radius 1 is 1.09 bits per heavy atom. The molecule has 0 unspecified atom stereocenters. The molecule has 2 N–H and O–H groups in total. The van der Waals surface area contributed by atoms with Crippen molar-refractivity contribution >= 4 is 21.7 Å². The van der Waals surface area contributed by atoms with Gasteiger partial charge in [0, 0.05) is 6.42 Å². The molecule has 0 atom stereocenters. The lowest BCUT2D eigenvalue weighted by Crippen LogP contribution is -2.14. The van der Waals surface area contributed by atoms with Crippen molar-refractivity contribution in [2.24, 2.45) is 0 Å². The lowest BCUT2D eigenvalue weighted by atomic mass is 10.1. The molecule has 0 bridgehead atoms. The number of carboxylic acid groups (broad SMARTS) is 1. The second-order valence-electron chi connectivity index (χ2n) is 4.62. The zero-order valence-corrected chi connectivity index (χ0v) is 12.3. The van der Waals surface area contributed by atoms with Gasteiger partial charge in [-0.2, -0.15) is 0 Å². The average Bonchev–Trinajstić information content (AvgIpc) is 2.48. The van der Waals surface area contributed by atoms with E-state index in [9.17, 15) is 17.6 Å². The van der Waals surface area contributed by atoms with Gasteiger partial charge in [0.2, 0.25) is 0 Å². The number of para-hydroxylation sites is 1. The Labute approximate surface area is 127 Å². The minimum atomic E-state index is -3.89. The number of hydrogen-bond donors (Lipinski definition) is 2. The number of rotatable bonds is 6. The van der Waals surface area contributed by atoms with E-state index in [0.29, 0.717) is 12.0 Å². The summed E-state index contributed by atoms with van der Waals surface area (Å²) in [4.78, 5) is 10.5. The molecule has 2 rings (SSSR count). The molecule has 0 amide bonds. The number of halogens is 1. The Kier molecular flexibility index (Phi) is 4.77. The number of sulfonamides is 1. The van der Waals surface area contributed by atoms with Gasteiger partial charge in [0.25, 0.3) is 10.0 Å². The van der Waals surface area contributed by atoms with E-state index in [1.807, 2.05) is 0 Å². The third kappa shape index (κ3) is 4.05. The molecule has 5 nitrogen and oxygen atoms in total. The summed E-state index contributed by atoms with van der Waals surface area (Å²) in [6.45, 7) is 0. The van der Waals surface area contributed by atoms with Crippen molar-refractivity contribution in [1.82, 2.24) is 0 Å². The van der Waals surface area contributed by atoms with Crippen molar-refractivity contribution in [3.63, 3.8) is 0 Å². The number of carboxylic acids is 1. The maximum absolute atomic E-state index is 13.5. The maximum Gasteiger partial charge on any atom is 0.303 e. The van der Waals surface area contributed by atoms with E-state index in [-0.39, 0.29) is 17.0 Å². The minimum absolute atomic E-state index is 0.0187. The van der Waals surface area contributed by atoms with E-state index in [1.54, 1.807) is 12.1 Å². The van der Waals surface area contributed by atoms with Crippen molar-refractivity contribution in [2.75, 3.05) is 4.72 Å². The Balaban J connectivity index is 2.16. The number of hydrogen-bond acceptors (Lipinski definition) is 3. The van der Waals surface area contributed by atoms with Gasteiger partial charge >= 0.3 is 5.97 Å². The van der Waals surface area contributed by atoms with Crippen molar-refractivity contribution in [3.05, 3.63) is 59.9 Å². The molecule has 0 aromatic heterocycles. The summed E-state index contributed by atoms with van der Waals surface area (Å²) in [5.41, 5.74) is 0.588. The van der Waals surface area contributed by atoms with Crippen LogP contribution in [0, 0.1) is 5.82 Å². The highest BCUT2D eigenvalue weighted by atomic mass is 32.2. The molecule has 0 heterocycles. The van der Waals surface area contributed by atoms with Crippen LogP contribution in [-0.2, 0) is 21.2 Å². The second-order valence-corrected chi connectivity index (χ2v) is 6.31. The maximum atomic E-state index is 13.5. The molecule has 0 fully saturated rings. The Hall–Kier alpha value is -2.41. The van der Waals surface area contributed by atoms with E-state index in [0.717, 1.165) is 6.07 Å². The molecular formula is C15H14FNO4S. The molecular weight excluding hydrogens is 309 g/mol. The van der Waals surface area contributed by atoms with Crippen LogP contribution in [0.15, 0.2) is 53.4 Å². The molecule has 0 saturated heterocycles. The van der Waals surface area contributed by atoms with E-state index in [2.05, 4.69) is 4.72 Å². The average molecular weight is 323 g/mol. The fourth-order valence-corrected chi connectivity index (χ4v) is 2.90. The Morgan fingerprint density at radius 2 is 1.73 bits per heavy atom. The number of aliphatic carboxylic acids is 1. The van der Waals surface area contributed by atoms with Crippen LogP contribution in [-0.4, -0.2) is 19.5 Å². The first kappa shape index (κ1) is 16.0. The summed E-state index contributed by atoms with van der Waals surface area (Å²) in [6.07, 6.45) is 0.288. The zero-order chi connectivity index (χ0) is 16.2. The molecule has 0 aliphatic carbocycles. The lowest BCUT2D eigenvalue weighted by molar-refractivity contribution is -0.136. The van der Waals surface area contributed by atoms with Crippen LogP contribution in [0.5, 0.6) is 0 Å². The Bertz CT molecular complexity index is 772. The lowest BCUT2D eigenvalue weighted by Gasteiger charge is -2.09. The zero-order valence-electron chi connectivity index (χ0n) is 11.5. The molecule has 0 aliphatic rings. The monoisotopic (exact) mass is 323 g/mol. The van der Waals surface area contributed by atoms with Gasteiger partial charge in [-0.15, -0.1) is 0 Å². The fraction of sp³-hybridized carbons (Fsp3) is 0.133. The number of benzene rings is 2. The topological polar surface area (TPSA) is 83.5 Å². The normalized spacial score (nSPS) is 11.1. The summed E-state index contributed by atoms with van der Waals surface area (Å²) in [6, 6.07) is 11.3. The molecule has 7 heteroatoms. The molecule has 22 heavy (non-hydrogen) atoms. The highest BCUT2D eigenvalue weighted by molar-refractivity contribution is 7.92. The van der Waals surface area contributed by atoms with Crippen LogP contribution in [0.1, 0.15) is 12.0 Å². The molecule has 0 saturated carbocycles. The third-order valence-electron chi connectivity index (χ3n) is 2.98. The molecule has 0 aliphatic heterocycles. The van der Waals surface area contributed by atoms with E-state index >= 15 is 0 Å². The summed E-state index contributed by atoms with van der Waals surface area (Å²) >= 11 is 0. The predicted molar refractivity (Wildman–Crippen MR) is 79.6 cm³/mol. The first-order valence-corrected chi connectivity index (χ1v) is 7.95. The summed E-state index contributed by atoms with van der Waals surface area (Å²) < 4.78 is 40.0. The second kappa shape index (κ2) is 6.57. The van der Waals surface area contributed by atoms with Crippen molar-refractivity contribution in [3.8, 4) is 0 Å². The van der Waals surface area contributed by atoms with Gasteiger partial charge in [0.05, 0.1) is 10.6 Å². The largest absolute Gasteiger partial charge is 0.481 e. The number of aryl methyl sites for hydroxylation is 1. The van der Waals surface area contributed by atoms with Gasteiger partial charge in [0.1, 0.15) is 5.82 Å². The van der Waals surface area contributed by atoms with Crippen LogP contribution in [0.4, 0.5) is 10.1 Å². The fourth-order valence-electron chi connectivity index (χ4n) is 1.83. The minimum Gasteiger partial charge on any atom is -0.481 e. The van der Waals surface area contributed by atoms with Gasteiger partial charge in [0.15, 0.2) is 0 Å². The SMILES string of the molecule is O=C(O)CCc1ccc(S(=O)(=O)Nc2ccccc2F)cc1. The van der Waals surface area contributed by atoms with Crippen LogP contribution in [0.25, 0.3) is 0 Å². The standard InChI is InChI=1S/C15H14FNO4S/c16-13-3-1-2-4-14(13)17-22(20,21)12-8-5-11(6-9-12)7-10-15(18)19/h1-6,8-9,17H,7,10H2,(H,18,19). The van der Waals surface area contributed by atoms with Crippen molar-refractivity contribution in [2.45, 2.75) is 17.7 Å². The van der Waals surface area contributed by atoms with E-state index in [1.165, 1.54) is 30.3 Å². The number of anilines is 1. The highest BCUT2D eigenvalue weighted by Crippen LogP contribution is 2.19. The molecule has 116 valence electrons. The number of nitrogens with one attached hydrogen (secondary N) is 1. The Morgan fingerprint density at radius 3 is 2.32 bits per heavy atom. The van der Waals surface area contributed by atoms with Gasteiger partial charge in [-0.05, 0) is 36.2 Å². The summed E-state index contributed by atoms with van der Waals surface area (Å²) in [5.74, 6) is -1.58. The van der Waals surface area contributed by atoms with Gasteiger partial charge in [-0.3, -0.25) is 9.52 Å². The van der Waals surface area contributed by atoms with Gasteiger partial charge in [-0.25, -0.2) is 12.8 Å². The van der Waals surface area contributed by atoms with Crippen LogP contribution < -0.4 is 4.72 Å². The van der Waals surface area contributed by atoms with Gasteiger partial charge < -0.3 is 5.11 Å². The smallest absolute Gasteiger partial charge is 0.303 e. The third-order valence-corrected chi connectivity index (χ3v) is 4.36. The first-order valence-electron chi connectivity index (χ1n) is 6.46. The van der Waals surface area contributed by atoms with Crippen LogP contribution in [0.3, 0.4) is 0 Å². The molecule has 0 spiro atoms. The van der Waals surface area contributed by atoms with Crippen LogP contribution >= 0.6 is 0 Å². The summed E-state index contributed by atoms with van der Waals surface area (Å²) in [7, 11) is -3.89. The highest BCUT2D eigenvalue weighted by Gasteiger charge is 2.15. The van der Waals surface area contributed by atoms with Crippen LogP contribution in [0.2, 0.25) is 0 Å². The van der Waals surface area contributed by atoms with Crippen molar-refractivity contribution in [1.29, 1.82) is 0 Å². The van der Waals surface area contributed by atoms with E-state index in [4.69, 9.17) is 5.11 Å². The molecule has 0 radical (unpaired) electrons. The van der Waals surface area contributed by atoms with Crippen molar-refractivity contribution < 1.29 is 22.7 Å². The number of carbonyl (C=O) groups is 1. The first-order chi connectivity index (χ1) is 10.4. The molecule has 2 aromatic carbocycles. The predicted octanol–water partition coefficient (Wildman–Crippen LogP) is 2.64. The van der Waals surface area contributed by atoms with E-state index < -0.39 is 21.8 Å². The quantitative estimate of drug-likeness (QED) is 0.856. The van der Waals surface area contributed by atoms with Gasteiger partial charge in [-0.1, -0.05) is 24.3 Å².